The largest absolute Gasteiger partial charge is 0.360 e. The van der Waals surface area contributed by atoms with Crippen molar-refractivity contribution in [2.75, 3.05) is 10.7 Å². The Kier molecular flexibility index (Phi) is 5.48. The summed E-state index contributed by atoms with van der Waals surface area (Å²) in [5, 5.41) is 14.4. The van der Waals surface area contributed by atoms with E-state index in [0.717, 1.165) is 5.56 Å². The zero-order chi connectivity index (χ0) is 19.1. The summed E-state index contributed by atoms with van der Waals surface area (Å²) in [7, 11) is 0. The number of carbonyl (C=O) groups excluding carboxylic acids is 1. The van der Waals surface area contributed by atoms with Crippen LogP contribution in [-0.2, 0) is 6.54 Å². The van der Waals surface area contributed by atoms with Crippen LogP contribution in [0.5, 0.6) is 0 Å². The van der Waals surface area contributed by atoms with Gasteiger partial charge in [0.05, 0.1) is 10.5 Å². The summed E-state index contributed by atoms with van der Waals surface area (Å²) in [6.45, 7) is 0.347. The fraction of sp³-hybridized carbons (Fsp3) is 0.0588. The van der Waals surface area contributed by atoms with Gasteiger partial charge in [0.2, 0.25) is 11.6 Å². The molecule has 0 atom stereocenters. The van der Waals surface area contributed by atoms with Crippen molar-refractivity contribution >= 4 is 23.2 Å². The van der Waals surface area contributed by atoms with Crippen molar-refractivity contribution in [2.24, 2.45) is 0 Å². The van der Waals surface area contributed by atoms with Gasteiger partial charge in [0.15, 0.2) is 0 Å². The highest BCUT2D eigenvalue weighted by Crippen LogP contribution is 2.28. The van der Waals surface area contributed by atoms with Crippen molar-refractivity contribution in [3.8, 4) is 0 Å². The number of nitro groups is 1. The van der Waals surface area contributed by atoms with Crippen molar-refractivity contribution in [1.82, 2.24) is 20.4 Å². The topological polar surface area (TPSA) is 135 Å². The second-order valence-corrected chi connectivity index (χ2v) is 5.34. The summed E-state index contributed by atoms with van der Waals surface area (Å²) in [4.78, 5) is 34.5. The van der Waals surface area contributed by atoms with E-state index in [1.807, 2.05) is 30.3 Å². The first-order valence-electron chi connectivity index (χ1n) is 7.88. The summed E-state index contributed by atoms with van der Waals surface area (Å²) in [5.41, 5.74) is 5.69. The van der Waals surface area contributed by atoms with E-state index >= 15 is 0 Å². The van der Waals surface area contributed by atoms with E-state index in [4.69, 9.17) is 0 Å². The molecule has 0 aliphatic heterocycles. The Morgan fingerprint density at radius 3 is 2.56 bits per heavy atom. The predicted octanol–water partition coefficient (Wildman–Crippen LogP) is 2.15. The van der Waals surface area contributed by atoms with Crippen LogP contribution >= 0.6 is 0 Å². The highest BCUT2D eigenvalue weighted by atomic mass is 16.6. The standard InChI is InChI=1S/C17H15N7O3/c25-17(13-7-4-8-18-10-13)23-22-16-14(24(26)27)15(20-11-21-16)19-9-12-5-2-1-3-6-12/h1-8,10-11H,9H2,(H,23,25)(H2,19,20,21,22). The Morgan fingerprint density at radius 1 is 1.07 bits per heavy atom. The van der Waals surface area contributed by atoms with Gasteiger partial charge in [-0.2, -0.15) is 0 Å². The molecule has 0 saturated carbocycles. The summed E-state index contributed by atoms with van der Waals surface area (Å²) in [6.07, 6.45) is 4.07. The molecule has 2 aromatic heterocycles. The highest BCUT2D eigenvalue weighted by Gasteiger charge is 2.23. The number of aromatic nitrogens is 3. The lowest BCUT2D eigenvalue weighted by Gasteiger charge is -2.11. The van der Waals surface area contributed by atoms with E-state index < -0.39 is 10.8 Å². The van der Waals surface area contributed by atoms with Gasteiger partial charge in [-0.3, -0.25) is 30.7 Å². The van der Waals surface area contributed by atoms with Crippen LogP contribution in [0, 0.1) is 10.1 Å². The number of benzene rings is 1. The SMILES string of the molecule is O=C(NNc1ncnc(NCc2ccccc2)c1[N+](=O)[O-])c1cccnc1. The molecule has 0 fully saturated rings. The maximum Gasteiger partial charge on any atom is 0.354 e. The number of hydrogen-bond donors (Lipinski definition) is 3. The Balaban J connectivity index is 1.75. The number of rotatable bonds is 7. The molecule has 0 saturated heterocycles. The highest BCUT2D eigenvalue weighted by molar-refractivity contribution is 5.94. The van der Waals surface area contributed by atoms with Gasteiger partial charge in [0.1, 0.15) is 6.33 Å². The van der Waals surface area contributed by atoms with E-state index in [9.17, 15) is 14.9 Å². The number of hydrogen-bond acceptors (Lipinski definition) is 8. The van der Waals surface area contributed by atoms with Crippen LogP contribution in [0.25, 0.3) is 0 Å². The molecule has 3 rings (SSSR count). The Labute approximate surface area is 153 Å². The van der Waals surface area contributed by atoms with Crippen molar-refractivity contribution in [2.45, 2.75) is 6.54 Å². The smallest absolute Gasteiger partial charge is 0.354 e. The number of anilines is 2. The molecule has 1 aromatic carbocycles. The van der Waals surface area contributed by atoms with E-state index in [1.54, 1.807) is 12.1 Å². The van der Waals surface area contributed by atoms with Crippen LogP contribution in [0.4, 0.5) is 17.3 Å². The van der Waals surface area contributed by atoms with Crippen molar-refractivity contribution in [3.05, 3.63) is 82.4 Å². The molecule has 0 unspecified atom stereocenters. The fourth-order valence-corrected chi connectivity index (χ4v) is 2.24. The molecule has 3 N–H and O–H groups in total. The zero-order valence-electron chi connectivity index (χ0n) is 14.0. The molecule has 0 spiro atoms. The Hall–Kier alpha value is -4.08. The van der Waals surface area contributed by atoms with E-state index in [2.05, 4.69) is 31.1 Å². The lowest BCUT2D eigenvalue weighted by Crippen LogP contribution is -2.30. The van der Waals surface area contributed by atoms with Crippen LogP contribution in [0.15, 0.2) is 61.2 Å². The van der Waals surface area contributed by atoms with Crippen molar-refractivity contribution < 1.29 is 9.72 Å². The predicted molar refractivity (Wildman–Crippen MR) is 97.8 cm³/mol. The van der Waals surface area contributed by atoms with Crippen LogP contribution in [0.1, 0.15) is 15.9 Å². The second-order valence-electron chi connectivity index (χ2n) is 5.34. The van der Waals surface area contributed by atoms with Gasteiger partial charge in [-0.25, -0.2) is 9.97 Å². The van der Waals surface area contributed by atoms with E-state index in [0.29, 0.717) is 12.1 Å². The Bertz CT molecular complexity index is 936. The molecule has 3 aromatic rings. The molecular formula is C17H15N7O3. The molecular weight excluding hydrogens is 350 g/mol. The third-order valence-corrected chi connectivity index (χ3v) is 3.53. The van der Waals surface area contributed by atoms with E-state index in [1.165, 1.54) is 18.7 Å². The summed E-state index contributed by atoms with van der Waals surface area (Å²) in [6, 6.07) is 12.5. The van der Waals surface area contributed by atoms with E-state index in [-0.39, 0.29) is 17.3 Å². The summed E-state index contributed by atoms with van der Waals surface area (Å²) in [5.74, 6) is -0.602. The molecule has 10 heteroatoms. The number of amides is 1. The zero-order valence-corrected chi connectivity index (χ0v) is 14.0. The molecule has 136 valence electrons. The molecule has 0 bridgehead atoms. The van der Waals surface area contributed by atoms with Crippen molar-refractivity contribution in [3.63, 3.8) is 0 Å². The van der Waals surface area contributed by atoms with Gasteiger partial charge >= 0.3 is 5.69 Å². The quantitative estimate of drug-likeness (QED) is 0.428. The van der Waals surface area contributed by atoms with Crippen LogP contribution in [-0.4, -0.2) is 25.8 Å². The number of carbonyl (C=O) groups is 1. The first-order valence-corrected chi connectivity index (χ1v) is 7.88. The maximum atomic E-state index is 12.1. The number of hydrazine groups is 1. The van der Waals surface area contributed by atoms with Gasteiger partial charge < -0.3 is 5.32 Å². The second kappa shape index (κ2) is 8.34. The van der Waals surface area contributed by atoms with Crippen LogP contribution in [0.3, 0.4) is 0 Å². The molecule has 27 heavy (non-hydrogen) atoms. The van der Waals surface area contributed by atoms with Gasteiger partial charge in [-0.15, -0.1) is 0 Å². The van der Waals surface area contributed by atoms with Crippen molar-refractivity contribution in [1.29, 1.82) is 0 Å². The Morgan fingerprint density at radius 2 is 1.85 bits per heavy atom. The number of nitrogens with one attached hydrogen (secondary N) is 3. The normalized spacial score (nSPS) is 10.1. The lowest BCUT2D eigenvalue weighted by atomic mass is 10.2. The maximum absolute atomic E-state index is 12.1. The first kappa shape index (κ1) is 17.7. The lowest BCUT2D eigenvalue weighted by molar-refractivity contribution is -0.383. The van der Waals surface area contributed by atoms with Gasteiger partial charge in [-0.1, -0.05) is 30.3 Å². The minimum absolute atomic E-state index is 0.0389. The van der Waals surface area contributed by atoms with Crippen LogP contribution < -0.4 is 16.2 Å². The van der Waals surface area contributed by atoms with Gasteiger partial charge in [0, 0.05) is 18.9 Å². The molecule has 2 heterocycles. The molecule has 0 aliphatic carbocycles. The average molecular weight is 365 g/mol. The third kappa shape index (κ3) is 4.51. The van der Waals surface area contributed by atoms with Crippen LogP contribution in [0.2, 0.25) is 0 Å². The fourth-order valence-electron chi connectivity index (χ4n) is 2.24. The summed E-state index contributed by atoms with van der Waals surface area (Å²) < 4.78 is 0. The minimum Gasteiger partial charge on any atom is -0.360 e. The molecule has 10 nitrogen and oxygen atoms in total. The third-order valence-electron chi connectivity index (χ3n) is 3.53. The molecule has 0 aliphatic rings. The summed E-state index contributed by atoms with van der Waals surface area (Å²) >= 11 is 0. The molecule has 1 amide bonds. The first-order chi connectivity index (χ1) is 13.1. The number of pyridine rings is 1. The average Bonchev–Trinajstić information content (AvgIpc) is 2.71. The van der Waals surface area contributed by atoms with Gasteiger partial charge in [-0.05, 0) is 17.7 Å². The monoisotopic (exact) mass is 365 g/mol. The number of nitrogens with zero attached hydrogens (tertiary/aromatic N) is 4. The molecule has 0 radical (unpaired) electrons. The van der Waals surface area contributed by atoms with Gasteiger partial charge in [0.25, 0.3) is 5.91 Å². The minimum atomic E-state index is -0.619.